The number of hydrogen-bond acceptors (Lipinski definition) is 5. The minimum Gasteiger partial charge on any atom is -0.441 e. The first kappa shape index (κ1) is 24.0. The van der Waals surface area contributed by atoms with E-state index in [1.807, 2.05) is 4.90 Å². The lowest BCUT2D eigenvalue weighted by atomic mass is 10.0. The van der Waals surface area contributed by atoms with Gasteiger partial charge in [-0.25, -0.2) is 9.97 Å². The van der Waals surface area contributed by atoms with E-state index in [9.17, 15) is 4.79 Å². The number of piperazine rings is 1. The number of anilines is 1. The van der Waals surface area contributed by atoms with Crippen LogP contribution in [0.1, 0.15) is 48.8 Å². The lowest BCUT2D eigenvalue weighted by Crippen LogP contribution is -2.49. The summed E-state index contributed by atoms with van der Waals surface area (Å²) in [7, 11) is 0. The third-order valence-electron chi connectivity index (χ3n) is 7.16. The standard InChI is InChI=1S/C30H34N4O2/c1-20(2)23-8-10-24(11-9-23)26-19-31-28(36-26)12-13-29(35)34-16-14-33(15-17-34)27-18-22(4)25-7-5-6-21(3)30(25)32-27/h5-11,18-20H,12-17H2,1-4H3. The van der Waals surface area contributed by atoms with Crippen molar-refractivity contribution in [1.29, 1.82) is 0 Å². The maximum atomic E-state index is 12.9. The molecule has 0 aliphatic carbocycles. The van der Waals surface area contributed by atoms with Crippen molar-refractivity contribution < 1.29 is 9.21 Å². The molecule has 1 fully saturated rings. The molecule has 3 heterocycles. The first-order chi connectivity index (χ1) is 17.4. The Labute approximate surface area is 213 Å². The molecule has 1 aliphatic heterocycles. The molecular weight excluding hydrogens is 448 g/mol. The number of amides is 1. The van der Waals surface area contributed by atoms with Gasteiger partial charge in [0.1, 0.15) is 5.82 Å². The van der Waals surface area contributed by atoms with Gasteiger partial charge in [0.25, 0.3) is 0 Å². The third kappa shape index (κ3) is 4.99. The van der Waals surface area contributed by atoms with E-state index in [4.69, 9.17) is 9.40 Å². The fourth-order valence-corrected chi connectivity index (χ4v) is 4.85. The second-order valence-corrected chi connectivity index (χ2v) is 10.0. The predicted molar refractivity (Wildman–Crippen MR) is 144 cm³/mol. The summed E-state index contributed by atoms with van der Waals surface area (Å²) in [5, 5.41) is 1.20. The number of carbonyl (C=O) groups is 1. The molecule has 6 nitrogen and oxygen atoms in total. The van der Waals surface area contributed by atoms with Gasteiger partial charge in [0.2, 0.25) is 5.91 Å². The maximum absolute atomic E-state index is 12.9. The number of hydrogen-bond donors (Lipinski definition) is 0. The number of oxazole rings is 1. The molecule has 0 saturated carbocycles. The predicted octanol–water partition coefficient (Wildman–Crippen LogP) is 5.91. The summed E-state index contributed by atoms with van der Waals surface area (Å²) in [5.74, 6) is 2.99. The smallest absolute Gasteiger partial charge is 0.223 e. The molecule has 0 spiro atoms. The van der Waals surface area contributed by atoms with Crippen LogP contribution in [0.3, 0.4) is 0 Å². The van der Waals surface area contributed by atoms with Gasteiger partial charge in [0.15, 0.2) is 11.7 Å². The summed E-state index contributed by atoms with van der Waals surface area (Å²) < 4.78 is 5.94. The van der Waals surface area contributed by atoms with Crippen LogP contribution in [-0.4, -0.2) is 47.0 Å². The van der Waals surface area contributed by atoms with E-state index in [0.29, 0.717) is 37.7 Å². The summed E-state index contributed by atoms with van der Waals surface area (Å²) in [6.45, 7) is 11.6. The van der Waals surface area contributed by atoms with Crippen LogP contribution in [0.4, 0.5) is 5.82 Å². The minimum absolute atomic E-state index is 0.147. The Morgan fingerprint density at radius 1 is 1.00 bits per heavy atom. The van der Waals surface area contributed by atoms with Crippen LogP contribution in [0.2, 0.25) is 0 Å². The monoisotopic (exact) mass is 482 g/mol. The van der Waals surface area contributed by atoms with Crippen LogP contribution in [0.15, 0.2) is 59.1 Å². The Kier molecular flexibility index (Phi) is 6.77. The van der Waals surface area contributed by atoms with Gasteiger partial charge in [-0.2, -0.15) is 0 Å². The molecule has 36 heavy (non-hydrogen) atoms. The van der Waals surface area contributed by atoms with Gasteiger partial charge in [-0.1, -0.05) is 56.3 Å². The Bertz CT molecular complexity index is 1370. The summed E-state index contributed by atoms with van der Waals surface area (Å²) >= 11 is 0. The number of carbonyl (C=O) groups excluding carboxylic acids is 1. The number of aryl methyl sites for hydroxylation is 3. The summed E-state index contributed by atoms with van der Waals surface area (Å²) in [6, 6.07) is 16.9. The van der Waals surface area contributed by atoms with Crippen molar-refractivity contribution in [2.45, 2.75) is 46.5 Å². The maximum Gasteiger partial charge on any atom is 0.223 e. The molecule has 2 aromatic heterocycles. The fourth-order valence-electron chi connectivity index (χ4n) is 4.85. The molecule has 186 valence electrons. The number of nitrogens with zero attached hydrogens (tertiary/aromatic N) is 4. The number of para-hydroxylation sites is 1. The van der Waals surface area contributed by atoms with E-state index in [1.54, 1.807) is 6.20 Å². The number of benzene rings is 2. The van der Waals surface area contributed by atoms with Gasteiger partial charge in [-0.3, -0.25) is 4.79 Å². The highest BCUT2D eigenvalue weighted by molar-refractivity contribution is 5.86. The Morgan fingerprint density at radius 3 is 2.47 bits per heavy atom. The lowest BCUT2D eigenvalue weighted by molar-refractivity contribution is -0.131. The Morgan fingerprint density at radius 2 is 1.75 bits per heavy atom. The van der Waals surface area contributed by atoms with Crippen molar-refractivity contribution in [2.24, 2.45) is 0 Å². The minimum atomic E-state index is 0.147. The lowest BCUT2D eigenvalue weighted by Gasteiger charge is -2.35. The first-order valence-corrected chi connectivity index (χ1v) is 12.8. The van der Waals surface area contributed by atoms with E-state index >= 15 is 0 Å². The third-order valence-corrected chi connectivity index (χ3v) is 7.16. The van der Waals surface area contributed by atoms with E-state index in [2.05, 4.69) is 86.1 Å². The summed E-state index contributed by atoms with van der Waals surface area (Å²) in [6.07, 6.45) is 2.66. The van der Waals surface area contributed by atoms with Gasteiger partial charge in [-0.15, -0.1) is 0 Å². The van der Waals surface area contributed by atoms with E-state index in [-0.39, 0.29) is 5.91 Å². The highest BCUT2D eigenvalue weighted by Gasteiger charge is 2.23. The van der Waals surface area contributed by atoms with E-state index in [0.717, 1.165) is 35.7 Å². The van der Waals surface area contributed by atoms with Crippen molar-refractivity contribution in [3.8, 4) is 11.3 Å². The quantitative estimate of drug-likeness (QED) is 0.342. The first-order valence-electron chi connectivity index (χ1n) is 12.8. The average molecular weight is 483 g/mol. The molecule has 1 amide bonds. The Balaban J connectivity index is 1.16. The topological polar surface area (TPSA) is 62.5 Å². The van der Waals surface area contributed by atoms with Gasteiger partial charge < -0.3 is 14.2 Å². The zero-order chi connectivity index (χ0) is 25.2. The van der Waals surface area contributed by atoms with Crippen molar-refractivity contribution in [1.82, 2.24) is 14.9 Å². The highest BCUT2D eigenvalue weighted by atomic mass is 16.4. The van der Waals surface area contributed by atoms with Gasteiger partial charge in [0.05, 0.1) is 11.7 Å². The van der Waals surface area contributed by atoms with Crippen molar-refractivity contribution in [2.75, 3.05) is 31.1 Å². The zero-order valence-corrected chi connectivity index (χ0v) is 21.6. The number of aromatic nitrogens is 2. The molecule has 0 unspecified atom stereocenters. The molecule has 0 bridgehead atoms. The second-order valence-electron chi connectivity index (χ2n) is 10.0. The van der Waals surface area contributed by atoms with Crippen LogP contribution in [0.25, 0.3) is 22.2 Å². The van der Waals surface area contributed by atoms with Gasteiger partial charge >= 0.3 is 0 Å². The van der Waals surface area contributed by atoms with E-state index in [1.165, 1.54) is 22.1 Å². The molecule has 0 radical (unpaired) electrons. The largest absolute Gasteiger partial charge is 0.441 e. The van der Waals surface area contributed by atoms with Crippen LogP contribution >= 0.6 is 0 Å². The molecule has 2 aromatic carbocycles. The van der Waals surface area contributed by atoms with Crippen molar-refractivity contribution >= 4 is 22.6 Å². The summed E-state index contributed by atoms with van der Waals surface area (Å²) in [4.78, 5) is 26.5. The number of fused-ring (bicyclic) bond motifs is 1. The molecule has 4 aromatic rings. The highest BCUT2D eigenvalue weighted by Crippen LogP contribution is 2.26. The molecular formula is C30H34N4O2. The molecule has 0 N–H and O–H groups in total. The van der Waals surface area contributed by atoms with Gasteiger partial charge in [0, 0.05) is 50.0 Å². The average Bonchev–Trinajstić information content (AvgIpc) is 3.37. The zero-order valence-electron chi connectivity index (χ0n) is 21.6. The van der Waals surface area contributed by atoms with Crippen LogP contribution < -0.4 is 4.90 Å². The van der Waals surface area contributed by atoms with E-state index < -0.39 is 0 Å². The molecule has 0 atom stereocenters. The molecule has 1 saturated heterocycles. The SMILES string of the molecule is Cc1cc(N2CCN(C(=O)CCc3ncc(-c4ccc(C(C)C)cc4)o3)CC2)nc2c(C)cccc12. The molecule has 1 aliphatic rings. The normalized spacial score (nSPS) is 14.1. The number of pyridine rings is 1. The van der Waals surface area contributed by atoms with Gasteiger partial charge in [-0.05, 0) is 42.5 Å². The van der Waals surface area contributed by atoms with Crippen LogP contribution in [0.5, 0.6) is 0 Å². The fraction of sp³-hybridized carbons (Fsp3) is 0.367. The van der Waals surface area contributed by atoms with Crippen molar-refractivity contribution in [3.63, 3.8) is 0 Å². The van der Waals surface area contributed by atoms with Crippen LogP contribution in [-0.2, 0) is 11.2 Å². The van der Waals surface area contributed by atoms with Crippen molar-refractivity contribution in [3.05, 3.63) is 77.3 Å². The van der Waals surface area contributed by atoms with Crippen LogP contribution in [0, 0.1) is 13.8 Å². The Hall–Kier alpha value is -3.67. The number of rotatable bonds is 6. The summed E-state index contributed by atoms with van der Waals surface area (Å²) in [5.41, 5.74) is 5.79. The second kappa shape index (κ2) is 10.1. The molecule has 6 heteroatoms. The molecule has 5 rings (SSSR count).